The maximum absolute atomic E-state index is 12.8. The lowest BCUT2D eigenvalue weighted by molar-refractivity contribution is -0.203. The van der Waals surface area contributed by atoms with Crippen LogP contribution in [-0.2, 0) is 39.9 Å². The number of aliphatic hydroxyl groups excluding tert-OH is 3. The van der Waals surface area contributed by atoms with Crippen LogP contribution in [-0.4, -0.2) is 107 Å². The first-order chi connectivity index (χ1) is 19.3. The van der Waals surface area contributed by atoms with Crippen LogP contribution >= 0.6 is 0 Å². The van der Waals surface area contributed by atoms with Crippen LogP contribution in [0.3, 0.4) is 0 Å². The molecule has 0 aromatic heterocycles. The summed E-state index contributed by atoms with van der Waals surface area (Å²) in [5, 5.41) is 41.6. The highest BCUT2D eigenvalue weighted by molar-refractivity contribution is 5.94. The SMILES string of the molecule is CC(=O)N[C@@H]1[C@@H](O)[C@H](O)[C@@H](CO)O[C@H]1NC(=O)C[C@H](NC(C)=O)C(=O)NCC(=O)N[C@@H](Cc1ccccc1)C(N)=O. The van der Waals surface area contributed by atoms with Gasteiger partial charge in [0.1, 0.15) is 36.4 Å². The molecule has 226 valence electrons. The molecule has 1 heterocycles. The summed E-state index contributed by atoms with van der Waals surface area (Å²) in [6.45, 7) is 0.926. The molecule has 16 nitrogen and oxygen atoms in total. The monoisotopic (exact) mass is 580 g/mol. The zero-order chi connectivity index (χ0) is 30.7. The van der Waals surface area contributed by atoms with E-state index < -0.39 is 97.7 Å². The van der Waals surface area contributed by atoms with E-state index in [1.807, 2.05) is 0 Å². The van der Waals surface area contributed by atoms with Gasteiger partial charge in [0.2, 0.25) is 35.4 Å². The van der Waals surface area contributed by atoms with Crippen molar-refractivity contribution in [3.63, 3.8) is 0 Å². The number of hydrogen-bond donors (Lipinski definition) is 9. The molecule has 1 fully saturated rings. The minimum absolute atomic E-state index is 0.121. The van der Waals surface area contributed by atoms with Gasteiger partial charge in [0.15, 0.2) is 6.23 Å². The van der Waals surface area contributed by atoms with Gasteiger partial charge in [-0.05, 0) is 5.56 Å². The van der Waals surface area contributed by atoms with Crippen LogP contribution < -0.4 is 32.3 Å². The van der Waals surface area contributed by atoms with Crippen molar-refractivity contribution in [2.75, 3.05) is 13.2 Å². The average molecular weight is 581 g/mol. The predicted molar refractivity (Wildman–Crippen MR) is 140 cm³/mol. The number of carbonyl (C=O) groups excluding carboxylic acids is 6. The Bertz CT molecular complexity index is 1100. The lowest BCUT2D eigenvalue weighted by Crippen LogP contribution is -2.68. The fourth-order valence-corrected chi connectivity index (χ4v) is 4.10. The van der Waals surface area contributed by atoms with E-state index in [1.54, 1.807) is 30.3 Å². The van der Waals surface area contributed by atoms with Gasteiger partial charge >= 0.3 is 0 Å². The normalized spacial score (nSPS) is 23.3. The van der Waals surface area contributed by atoms with Gasteiger partial charge in [0.25, 0.3) is 0 Å². The summed E-state index contributed by atoms with van der Waals surface area (Å²) in [7, 11) is 0. The van der Waals surface area contributed by atoms with Crippen molar-refractivity contribution in [2.45, 2.75) is 69.4 Å². The van der Waals surface area contributed by atoms with Gasteiger partial charge in [0.05, 0.1) is 19.6 Å². The Kier molecular flexibility index (Phi) is 12.6. The summed E-state index contributed by atoms with van der Waals surface area (Å²) < 4.78 is 5.42. The minimum atomic E-state index is -1.62. The van der Waals surface area contributed by atoms with Gasteiger partial charge in [-0.2, -0.15) is 0 Å². The first kappa shape index (κ1) is 33.1. The number of carbonyl (C=O) groups is 6. The first-order valence-electron chi connectivity index (χ1n) is 12.7. The van der Waals surface area contributed by atoms with E-state index in [0.29, 0.717) is 0 Å². The summed E-state index contributed by atoms with van der Waals surface area (Å²) in [6, 6.07) is 4.97. The molecule has 1 aliphatic heterocycles. The van der Waals surface area contributed by atoms with Crippen molar-refractivity contribution < 1.29 is 48.8 Å². The lowest BCUT2D eigenvalue weighted by atomic mass is 9.95. The molecule has 0 unspecified atom stereocenters. The minimum Gasteiger partial charge on any atom is -0.394 e. The fourth-order valence-electron chi connectivity index (χ4n) is 4.10. The van der Waals surface area contributed by atoms with Crippen molar-refractivity contribution in [3.8, 4) is 0 Å². The summed E-state index contributed by atoms with van der Waals surface area (Å²) in [4.78, 5) is 73.0. The maximum atomic E-state index is 12.8. The number of rotatable bonds is 13. The van der Waals surface area contributed by atoms with Crippen molar-refractivity contribution in [1.82, 2.24) is 26.6 Å². The molecule has 0 radical (unpaired) electrons. The lowest BCUT2D eigenvalue weighted by Gasteiger charge is -2.42. The zero-order valence-corrected chi connectivity index (χ0v) is 22.5. The highest BCUT2D eigenvalue weighted by Crippen LogP contribution is 2.20. The zero-order valence-electron chi connectivity index (χ0n) is 22.5. The Morgan fingerprint density at radius 3 is 2.12 bits per heavy atom. The van der Waals surface area contributed by atoms with Crippen molar-refractivity contribution in [1.29, 1.82) is 0 Å². The van der Waals surface area contributed by atoms with E-state index in [-0.39, 0.29) is 6.42 Å². The number of hydrogen-bond acceptors (Lipinski definition) is 10. The van der Waals surface area contributed by atoms with Crippen LogP contribution in [0.2, 0.25) is 0 Å². The Hall–Kier alpha value is -4.12. The first-order valence-corrected chi connectivity index (χ1v) is 12.7. The van der Waals surface area contributed by atoms with Crippen LogP contribution in [0.25, 0.3) is 0 Å². The smallest absolute Gasteiger partial charge is 0.243 e. The summed E-state index contributed by atoms with van der Waals surface area (Å²) in [5.74, 6) is -4.59. The average Bonchev–Trinajstić information content (AvgIpc) is 2.90. The van der Waals surface area contributed by atoms with Gasteiger partial charge in [0, 0.05) is 20.3 Å². The molecular formula is C25H36N6O10. The van der Waals surface area contributed by atoms with Gasteiger partial charge in [-0.15, -0.1) is 0 Å². The predicted octanol–water partition coefficient (Wildman–Crippen LogP) is -4.73. The Morgan fingerprint density at radius 2 is 1.56 bits per heavy atom. The van der Waals surface area contributed by atoms with E-state index in [4.69, 9.17) is 10.5 Å². The number of benzene rings is 1. The summed E-state index contributed by atoms with van der Waals surface area (Å²) in [5.41, 5.74) is 6.13. The molecule has 10 N–H and O–H groups in total. The van der Waals surface area contributed by atoms with Crippen LogP contribution in [0, 0.1) is 0 Å². The number of ether oxygens (including phenoxy) is 1. The standard InChI is InChI=1S/C25H36N6O10/c1-12(33)28-16(9-18(35)31-25-20(29-13(2)34)22(38)21(37)17(11-32)41-25)24(40)27-10-19(36)30-15(23(26)39)8-14-6-4-3-5-7-14/h3-7,15-17,20-22,25,32,37-38H,8-11H2,1-2H3,(H2,26,39)(H,27,40)(H,28,33)(H,29,34)(H,30,36)(H,31,35)/t15-,16-,17+,20+,21+,22+,25+/m0/s1. The second kappa shape index (κ2) is 15.6. The van der Waals surface area contributed by atoms with Crippen LogP contribution in [0.5, 0.6) is 0 Å². The molecule has 0 bridgehead atoms. The molecule has 1 aromatic carbocycles. The van der Waals surface area contributed by atoms with Gasteiger partial charge in [-0.25, -0.2) is 0 Å². The quantitative estimate of drug-likeness (QED) is 0.108. The van der Waals surface area contributed by atoms with E-state index in [9.17, 15) is 44.1 Å². The van der Waals surface area contributed by atoms with E-state index >= 15 is 0 Å². The third kappa shape index (κ3) is 10.4. The molecule has 2 rings (SSSR count). The number of nitrogens with one attached hydrogen (secondary N) is 5. The van der Waals surface area contributed by atoms with Crippen LogP contribution in [0.1, 0.15) is 25.8 Å². The highest BCUT2D eigenvalue weighted by atomic mass is 16.5. The van der Waals surface area contributed by atoms with Crippen LogP contribution in [0.15, 0.2) is 30.3 Å². The van der Waals surface area contributed by atoms with Gasteiger partial charge in [-0.1, -0.05) is 30.3 Å². The molecule has 1 aromatic rings. The van der Waals surface area contributed by atoms with Crippen molar-refractivity contribution in [3.05, 3.63) is 35.9 Å². The number of amides is 6. The number of primary amides is 1. The molecule has 1 aliphatic rings. The molecule has 16 heteroatoms. The Morgan fingerprint density at radius 1 is 0.902 bits per heavy atom. The van der Waals surface area contributed by atoms with Crippen molar-refractivity contribution in [2.24, 2.45) is 5.73 Å². The van der Waals surface area contributed by atoms with Crippen LogP contribution in [0.4, 0.5) is 0 Å². The van der Waals surface area contributed by atoms with E-state index in [0.717, 1.165) is 19.4 Å². The molecule has 0 saturated carbocycles. The molecule has 6 amide bonds. The molecule has 7 atom stereocenters. The van der Waals surface area contributed by atoms with Gasteiger partial charge in [-0.3, -0.25) is 28.8 Å². The molecule has 1 saturated heterocycles. The number of aliphatic hydroxyl groups is 3. The molecule has 41 heavy (non-hydrogen) atoms. The molecular weight excluding hydrogens is 544 g/mol. The van der Waals surface area contributed by atoms with Crippen molar-refractivity contribution >= 4 is 35.4 Å². The second-order valence-corrected chi connectivity index (χ2v) is 9.44. The summed E-state index contributed by atoms with van der Waals surface area (Å²) in [6.07, 6.45) is -6.43. The van der Waals surface area contributed by atoms with E-state index in [1.165, 1.54) is 0 Å². The Balaban J connectivity index is 2.01. The largest absolute Gasteiger partial charge is 0.394 e. The second-order valence-electron chi connectivity index (χ2n) is 9.44. The fraction of sp³-hybridized carbons (Fsp3) is 0.520. The third-order valence-electron chi connectivity index (χ3n) is 6.07. The molecule has 0 spiro atoms. The van der Waals surface area contributed by atoms with E-state index in [2.05, 4.69) is 26.6 Å². The van der Waals surface area contributed by atoms with Gasteiger partial charge < -0.3 is 52.4 Å². The maximum Gasteiger partial charge on any atom is 0.243 e. The summed E-state index contributed by atoms with van der Waals surface area (Å²) >= 11 is 0. The third-order valence-corrected chi connectivity index (χ3v) is 6.07. The Labute approximate surface area is 235 Å². The highest BCUT2D eigenvalue weighted by Gasteiger charge is 2.45. The number of nitrogens with two attached hydrogens (primary N) is 1. The molecule has 0 aliphatic carbocycles. The topological polar surface area (TPSA) is 259 Å².